The van der Waals surface area contributed by atoms with E-state index in [1.165, 1.54) is 18.2 Å². The number of halogens is 2. The molecule has 2 aromatic carbocycles. The van der Waals surface area contributed by atoms with Crippen molar-refractivity contribution >= 4 is 28.9 Å². The number of hydrogen-bond acceptors (Lipinski definition) is 3. The first-order chi connectivity index (χ1) is 10.0. The molecule has 21 heavy (non-hydrogen) atoms. The molecule has 0 fully saturated rings. The maximum atomic E-state index is 12.9. The maximum Gasteiger partial charge on any atom is 0.227 e. The van der Waals surface area contributed by atoms with Crippen LogP contribution in [0.15, 0.2) is 42.5 Å². The van der Waals surface area contributed by atoms with Crippen LogP contribution in [0.25, 0.3) is 0 Å². The van der Waals surface area contributed by atoms with Crippen molar-refractivity contribution in [1.29, 1.82) is 0 Å². The number of rotatable bonds is 5. The molecule has 0 radical (unpaired) electrons. The quantitative estimate of drug-likeness (QED) is 0.831. The predicted molar refractivity (Wildman–Crippen MR) is 81.0 cm³/mol. The van der Waals surface area contributed by atoms with E-state index in [2.05, 4.69) is 5.32 Å². The monoisotopic (exact) mass is 308 g/mol. The van der Waals surface area contributed by atoms with Gasteiger partial charge < -0.3 is 15.8 Å². The minimum absolute atomic E-state index is 0.114. The smallest absolute Gasteiger partial charge is 0.227 e. The highest BCUT2D eigenvalue weighted by Crippen LogP contribution is 2.23. The molecule has 0 unspecified atom stereocenters. The Morgan fingerprint density at radius 1 is 1.29 bits per heavy atom. The Morgan fingerprint density at radius 3 is 2.86 bits per heavy atom. The number of nitrogens with one attached hydrogen (secondary N) is 1. The Kier molecular flexibility index (Phi) is 5.00. The minimum Gasteiger partial charge on any atom is -0.493 e. The lowest BCUT2D eigenvalue weighted by Gasteiger charge is -2.09. The van der Waals surface area contributed by atoms with Crippen LogP contribution in [0.1, 0.15) is 6.42 Å². The molecule has 0 bridgehead atoms. The lowest BCUT2D eigenvalue weighted by molar-refractivity contribution is -0.116. The molecule has 0 spiro atoms. The molecule has 2 rings (SSSR count). The summed E-state index contributed by atoms with van der Waals surface area (Å²) in [6.45, 7) is 0.135. The Morgan fingerprint density at radius 2 is 2.10 bits per heavy atom. The summed E-state index contributed by atoms with van der Waals surface area (Å²) in [5.74, 6) is -0.269. The number of benzene rings is 2. The molecule has 0 saturated carbocycles. The van der Waals surface area contributed by atoms with Gasteiger partial charge in [0.05, 0.1) is 24.4 Å². The molecule has 0 aromatic heterocycles. The zero-order valence-corrected chi connectivity index (χ0v) is 11.9. The van der Waals surface area contributed by atoms with Crippen LogP contribution in [-0.2, 0) is 4.79 Å². The van der Waals surface area contributed by atoms with Crippen molar-refractivity contribution in [2.24, 2.45) is 0 Å². The zero-order valence-electron chi connectivity index (χ0n) is 11.1. The Hall–Kier alpha value is -2.27. The van der Waals surface area contributed by atoms with Crippen LogP contribution in [0.5, 0.6) is 5.75 Å². The normalized spacial score (nSPS) is 10.2. The van der Waals surface area contributed by atoms with Crippen molar-refractivity contribution in [2.75, 3.05) is 17.7 Å². The summed E-state index contributed by atoms with van der Waals surface area (Å²) in [4.78, 5) is 11.8. The number of anilines is 2. The van der Waals surface area contributed by atoms with Gasteiger partial charge in [-0.1, -0.05) is 17.7 Å². The Labute approximate surface area is 126 Å². The van der Waals surface area contributed by atoms with Gasteiger partial charge in [-0.3, -0.25) is 4.79 Å². The van der Waals surface area contributed by atoms with Gasteiger partial charge in [0.25, 0.3) is 0 Å². The molecule has 2 aromatic rings. The lowest BCUT2D eigenvalue weighted by Crippen LogP contribution is -2.16. The fourth-order valence-corrected chi connectivity index (χ4v) is 1.84. The van der Waals surface area contributed by atoms with Gasteiger partial charge in [0.2, 0.25) is 5.91 Å². The van der Waals surface area contributed by atoms with Gasteiger partial charge in [0.1, 0.15) is 11.6 Å². The van der Waals surface area contributed by atoms with E-state index >= 15 is 0 Å². The second-order valence-electron chi connectivity index (χ2n) is 4.34. The Balaban J connectivity index is 1.84. The van der Waals surface area contributed by atoms with Crippen LogP contribution in [-0.4, -0.2) is 12.5 Å². The average Bonchev–Trinajstić information content (AvgIpc) is 2.43. The maximum absolute atomic E-state index is 12.9. The van der Waals surface area contributed by atoms with E-state index < -0.39 is 0 Å². The summed E-state index contributed by atoms with van der Waals surface area (Å²) in [6.07, 6.45) is 0.114. The lowest BCUT2D eigenvalue weighted by atomic mass is 10.2. The fraction of sp³-hybridized carbons (Fsp3) is 0.133. The van der Waals surface area contributed by atoms with Crippen LogP contribution in [0.4, 0.5) is 15.8 Å². The highest BCUT2D eigenvalue weighted by molar-refractivity contribution is 6.31. The third kappa shape index (κ3) is 4.65. The summed E-state index contributed by atoms with van der Waals surface area (Å²) in [7, 11) is 0. The van der Waals surface area contributed by atoms with Gasteiger partial charge in [-0.2, -0.15) is 0 Å². The Bertz CT molecular complexity index is 649. The van der Waals surface area contributed by atoms with Crippen molar-refractivity contribution < 1.29 is 13.9 Å². The van der Waals surface area contributed by atoms with Crippen molar-refractivity contribution in [3.05, 3.63) is 53.3 Å². The predicted octanol–water partition coefficient (Wildman–Crippen LogP) is 3.47. The zero-order chi connectivity index (χ0) is 15.2. The van der Waals surface area contributed by atoms with E-state index in [-0.39, 0.29) is 24.8 Å². The largest absolute Gasteiger partial charge is 0.493 e. The van der Waals surface area contributed by atoms with Crippen LogP contribution >= 0.6 is 11.6 Å². The van der Waals surface area contributed by atoms with Crippen molar-refractivity contribution in [3.8, 4) is 5.75 Å². The number of nitrogen functional groups attached to an aromatic ring is 1. The number of hydrogen-bond donors (Lipinski definition) is 2. The summed E-state index contributed by atoms with van der Waals surface area (Å²) in [5.41, 5.74) is 6.61. The van der Waals surface area contributed by atoms with Gasteiger partial charge in [-0.25, -0.2) is 4.39 Å². The van der Waals surface area contributed by atoms with Gasteiger partial charge in [-0.15, -0.1) is 0 Å². The molecule has 1 amide bonds. The van der Waals surface area contributed by atoms with Crippen molar-refractivity contribution in [1.82, 2.24) is 0 Å². The summed E-state index contributed by atoms with van der Waals surface area (Å²) >= 11 is 5.83. The number of nitrogens with two attached hydrogens (primary N) is 1. The SMILES string of the molecule is Nc1ccc(Cl)cc1NC(=O)CCOc1cccc(F)c1. The average molecular weight is 309 g/mol. The molecule has 4 nitrogen and oxygen atoms in total. The number of ether oxygens (including phenoxy) is 1. The number of amides is 1. The van der Waals surface area contributed by atoms with Gasteiger partial charge in [0.15, 0.2) is 0 Å². The summed E-state index contributed by atoms with van der Waals surface area (Å²) < 4.78 is 18.2. The third-order valence-corrected chi connectivity index (χ3v) is 2.92. The minimum atomic E-state index is -0.386. The van der Waals surface area contributed by atoms with Crippen LogP contribution in [0.2, 0.25) is 5.02 Å². The first kappa shape index (κ1) is 15.1. The molecule has 0 heterocycles. The highest BCUT2D eigenvalue weighted by Gasteiger charge is 2.06. The van der Waals surface area contributed by atoms with E-state index in [4.69, 9.17) is 22.1 Å². The van der Waals surface area contributed by atoms with Crippen molar-refractivity contribution in [2.45, 2.75) is 6.42 Å². The van der Waals surface area contributed by atoms with E-state index in [0.717, 1.165) is 0 Å². The molecule has 0 saturated heterocycles. The summed E-state index contributed by atoms with van der Waals surface area (Å²) in [6, 6.07) is 10.6. The molecule has 3 N–H and O–H groups in total. The molecule has 0 aliphatic rings. The van der Waals surface area contributed by atoms with E-state index in [1.54, 1.807) is 24.3 Å². The number of carbonyl (C=O) groups is 1. The second kappa shape index (κ2) is 6.95. The molecule has 0 aliphatic carbocycles. The van der Waals surface area contributed by atoms with Crippen LogP contribution < -0.4 is 15.8 Å². The molecular formula is C15H14ClFN2O2. The summed E-state index contributed by atoms with van der Waals surface area (Å²) in [5, 5.41) is 3.13. The van der Waals surface area contributed by atoms with E-state index in [1.807, 2.05) is 0 Å². The first-order valence-electron chi connectivity index (χ1n) is 6.28. The van der Waals surface area contributed by atoms with Crippen LogP contribution in [0.3, 0.4) is 0 Å². The van der Waals surface area contributed by atoms with Gasteiger partial charge >= 0.3 is 0 Å². The van der Waals surface area contributed by atoms with Crippen molar-refractivity contribution in [3.63, 3.8) is 0 Å². The molecular weight excluding hydrogens is 295 g/mol. The first-order valence-corrected chi connectivity index (χ1v) is 6.65. The molecule has 6 heteroatoms. The fourth-order valence-electron chi connectivity index (χ4n) is 1.67. The van der Waals surface area contributed by atoms with Crippen LogP contribution in [0, 0.1) is 5.82 Å². The topological polar surface area (TPSA) is 64.3 Å². The van der Waals surface area contributed by atoms with E-state index in [0.29, 0.717) is 22.1 Å². The third-order valence-electron chi connectivity index (χ3n) is 2.68. The van der Waals surface area contributed by atoms with Gasteiger partial charge in [-0.05, 0) is 30.3 Å². The second-order valence-corrected chi connectivity index (χ2v) is 4.77. The molecule has 0 atom stereocenters. The van der Waals surface area contributed by atoms with E-state index in [9.17, 15) is 9.18 Å². The standard InChI is InChI=1S/C15H14ClFN2O2/c16-10-4-5-13(18)14(8-10)19-15(20)6-7-21-12-3-1-2-11(17)9-12/h1-5,8-9H,6-7,18H2,(H,19,20). The number of carbonyl (C=O) groups excluding carboxylic acids is 1. The van der Waals surface area contributed by atoms with Gasteiger partial charge in [0, 0.05) is 11.1 Å². The molecule has 110 valence electrons. The molecule has 0 aliphatic heterocycles. The highest BCUT2D eigenvalue weighted by atomic mass is 35.5.